The van der Waals surface area contributed by atoms with E-state index in [9.17, 15) is 10.2 Å². The van der Waals surface area contributed by atoms with E-state index in [0.717, 1.165) is 5.56 Å². The highest BCUT2D eigenvalue weighted by Gasteiger charge is 2.21. The van der Waals surface area contributed by atoms with Gasteiger partial charge in [-0.1, -0.05) is 31.5 Å². The fourth-order valence-electron chi connectivity index (χ4n) is 2.31. The Morgan fingerprint density at radius 2 is 1.47 bits per heavy atom. The zero-order valence-corrected chi connectivity index (χ0v) is 11.5. The maximum Gasteiger partial charge on any atom is 0.0842 e. The van der Waals surface area contributed by atoms with Crippen LogP contribution in [0.3, 0.4) is 0 Å². The average molecular weight is 236 g/mol. The first-order valence-electron chi connectivity index (χ1n) is 6.25. The molecule has 0 bridgehead atoms. The summed E-state index contributed by atoms with van der Waals surface area (Å²) < 4.78 is 0. The molecule has 0 spiro atoms. The van der Waals surface area contributed by atoms with Crippen LogP contribution in [0, 0.1) is 26.7 Å². The number of aliphatic hydroxyl groups excluding tert-OH is 2. The van der Waals surface area contributed by atoms with E-state index in [1.54, 1.807) is 0 Å². The Bertz CT molecular complexity index is 360. The predicted octanol–water partition coefficient (Wildman–Crippen LogP) is 2.53. The van der Waals surface area contributed by atoms with Crippen LogP contribution < -0.4 is 0 Å². The number of benzene rings is 1. The third-order valence-corrected chi connectivity index (χ3v) is 3.33. The molecule has 96 valence electrons. The van der Waals surface area contributed by atoms with E-state index in [1.807, 2.05) is 13.8 Å². The van der Waals surface area contributed by atoms with Crippen LogP contribution in [-0.2, 0) is 6.42 Å². The van der Waals surface area contributed by atoms with Gasteiger partial charge in [-0.15, -0.1) is 0 Å². The molecule has 1 aromatic carbocycles. The summed E-state index contributed by atoms with van der Waals surface area (Å²) in [6, 6.07) is 4.24. The fraction of sp³-hybridized carbons (Fsp3) is 0.600. The lowest BCUT2D eigenvalue weighted by Gasteiger charge is -2.23. The van der Waals surface area contributed by atoms with Crippen LogP contribution in [0.4, 0.5) is 0 Å². The van der Waals surface area contributed by atoms with Crippen molar-refractivity contribution in [3.63, 3.8) is 0 Å². The predicted molar refractivity (Wildman–Crippen MR) is 71.2 cm³/mol. The molecule has 17 heavy (non-hydrogen) atoms. The SMILES string of the molecule is Cc1cc(C)c(CC(O)C(O)C(C)C)c(C)c1. The lowest BCUT2D eigenvalue weighted by atomic mass is 9.91. The van der Waals surface area contributed by atoms with Crippen molar-refractivity contribution >= 4 is 0 Å². The normalized spacial score (nSPS) is 15.1. The van der Waals surface area contributed by atoms with Crippen LogP contribution in [0.2, 0.25) is 0 Å². The molecule has 2 unspecified atom stereocenters. The molecule has 0 fully saturated rings. The second-order valence-corrected chi connectivity index (χ2v) is 5.38. The fourth-order valence-corrected chi connectivity index (χ4v) is 2.31. The minimum Gasteiger partial charge on any atom is -0.390 e. The van der Waals surface area contributed by atoms with Gasteiger partial charge >= 0.3 is 0 Å². The summed E-state index contributed by atoms with van der Waals surface area (Å²) in [5, 5.41) is 19.9. The van der Waals surface area contributed by atoms with Crippen molar-refractivity contribution in [2.45, 2.75) is 53.2 Å². The molecule has 2 atom stereocenters. The van der Waals surface area contributed by atoms with E-state index >= 15 is 0 Å². The van der Waals surface area contributed by atoms with Crippen molar-refractivity contribution in [3.8, 4) is 0 Å². The Morgan fingerprint density at radius 1 is 1.00 bits per heavy atom. The highest BCUT2D eigenvalue weighted by atomic mass is 16.3. The molecule has 0 aromatic heterocycles. The van der Waals surface area contributed by atoms with Crippen LogP contribution in [0.25, 0.3) is 0 Å². The van der Waals surface area contributed by atoms with E-state index in [2.05, 4.69) is 32.9 Å². The maximum atomic E-state index is 10.0. The third kappa shape index (κ3) is 3.55. The molecule has 1 rings (SSSR count). The Kier molecular flexibility index (Phi) is 4.72. The van der Waals surface area contributed by atoms with Gasteiger partial charge in [-0.25, -0.2) is 0 Å². The zero-order chi connectivity index (χ0) is 13.2. The minimum atomic E-state index is -0.685. The van der Waals surface area contributed by atoms with Gasteiger partial charge in [0.25, 0.3) is 0 Å². The third-order valence-electron chi connectivity index (χ3n) is 3.33. The largest absolute Gasteiger partial charge is 0.390 e. The van der Waals surface area contributed by atoms with Gasteiger partial charge in [0, 0.05) is 6.42 Å². The van der Waals surface area contributed by atoms with E-state index in [4.69, 9.17) is 0 Å². The van der Waals surface area contributed by atoms with Gasteiger partial charge in [-0.05, 0) is 43.4 Å². The van der Waals surface area contributed by atoms with Gasteiger partial charge in [0.1, 0.15) is 0 Å². The Morgan fingerprint density at radius 3 is 1.88 bits per heavy atom. The monoisotopic (exact) mass is 236 g/mol. The summed E-state index contributed by atoms with van der Waals surface area (Å²) in [5.41, 5.74) is 4.78. The number of hydrogen-bond donors (Lipinski definition) is 2. The first kappa shape index (κ1) is 14.2. The van der Waals surface area contributed by atoms with Crippen molar-refractivity contribution in [2.75, 3.05) is 0 Å². The van der Waals surface area contributed by atoms with Crippen LogP contribution in [0.1, 0.15) is 36.1 Å². The molecule has 0 saturated heterocycles. The van der Waals surface area contributed by atoms with Crippen molar-refractivity contribution < 1.29 is 10.2 Å². The van der Waals surface area contributed by atoms with Gasteiger partial charge in [-0.2, -0.15) is 0 Å². The van der Waals surface area contributed by atoms with Gasteiger partial charge in [0.15, 0.2) is 0 Å². The highest BCUT2D eigenvalue weighted by Crippen LogP contribution is 2.20. The van der Waals surface area contributed by atoms with E-state index in [1.165, 1.54) is 16.7 Å². The molecule has 2 N–H and O–H groups in total. The van der Waals surface area contributed by atoms with Gasteiger partial charge in [0.2, 0.25) is 0 Å². The van der Waals surface area contributed by atoms with Crippen LogP contribution >= 0.6 is 0 Å². The summed E-state index contributed by atoms with van der Waals surface area (Å²) in [6.07, 6.45) is -0.817. The summed E-state index contributed by atoms with van der Waals surface area (Å²) in [6.45, 7) is 10.0. The second kappa shape index (κ2) is 5.65. The quantitative estimate of drug-likeness (QED) is 0.843. The molecule has 0 aliphatic heterocycles. The number of aryl methyl sites for hydroxylation is 3. The molecule has 2 heteroatoms. The highest BCUT2D eigenvalue weighted by molar-refractivity contribution is 5.37. The van der Waals surface area contributed by atoms with Crippen LogP contribution in [0.15, 0.2) is 12.1 Å². The van der Waals surface area contributed by atoms with Crippen molar-refractivity contribution in [1.29, 1.82) is 0 Å². The molecule has 0 aliphatic carbocycles. The molecule has 0 saturated carbocycles. The standard InChI is InChI=1S/C15H24O2/c1-9(2)15(17)14(16)8-13-11(4)6-10(3)7-12(13)5/h6-7,9,14-17H,8H2,1-5H3. The Balaban J connectivity index is 2.89. The van der Waals surface area contributed by atoms with E-state index < -0.39 is 12.2 Å². The minimum absolute atomic E-state index is 0.0797. The number of rotatable bonds is 4. The van der Waals surface area contributed by atoms with Gasteiger partial charge in [0.05, 0.1) is 12.2 Å². The van der Waals surface area contributed by atoms with E-state index in [0.29, 0.717) is 6.42 Å². The topological polar surface area (TPSA) is 40.5 Å². The molecule has 1 aromatic rings. The van der Waals surface area contributed by atoms with E-state index in [-0.39, 0.29) is 5.92 Å². The average Bonchev–Trinajstić information content (AvgIpc) is 2.21. The maximum absolute atomic E-state index is 10.0. The molecular weight excluding hydrogens is 212 g/mol. The molecular formula is C15H24O2. The second-order valence-electron chi connectivity index (χ2n) is 5.38. The molecule has 2 nitrogen and oxygen atoms in total. The first-order valence-corrected chi connectivity index (χ1v) is 6.25. The molecule has 0 radical (unpaired) electrons. The summed E-state index contributed by atoms with van der Waals surface area (Å²) >= 11 is 0. The number of hydrogen-bond acceptors (Lipinski definition) is 2. The molecule has 0 amide bonds. The number of aliphatic hydroxyl groups is 2. The van der Waals surface area contributed by atoms with Crippen molar-refractivity contribution in [3.05, 3.63) is 34.4 Å². The lowest BCUT2D eigenvalue weighted by molar-refractivity contribution is -0.00744. The molecule has 0 aliphatic rings. The summed E-state index contributed by atoms with van der Waals surface area (Å²) in [7, 11) is 0. The van der Waals surface area contributed by atoms with Gasteiger partial charge < -0.3 is 10.2 Å². The summed E-state index contributed by atoms with van der Waals surface area (Å²) in [4.78, 5) is 0. The Labute approximate surface area is 104 Å². The lowest BCUT2D eigenvalue weighted by Crippen LogP contribution is -2.32. The first-order chi connectivity index (χ1) is 7.82. The zero-order valence-electron chi connectivity index (χ0n) is 11.5. The molecule has 0 heterocycles. The van der Waals surface area contributed by atoms with Crippen molar-refractivity contribution in [2.24, 2.45) is 5.92 Å². The van der Waals surface area contributed by atoms with Crippen LogP contribution in [0.5, 0.6) is 0 Å². The smallest absolute Gasteiger partial charge is 0.0842 e. The van der Waals surface area contributed by atoms with Crippen molar-refractivity contribution in [1.82, 2.24) is 0 Å². The summed E-state index contributed by atoms with van der Waals surface area (Å²) in [5.74, 6) is 0.0797. The van der Waals surface area contributed by atoms with Gasteiger partial charge in [-0.3, -0.25) is 0 Å². The Hall–Kier alpha value is -0.860. The van der Waals surface area contributed by atoms with Crippen LogP contribution in [-0.4, -0.2) is 22.4 Å².